The highest BCUT2D eigenvalue weighted by Crippen LogP contribution is 2.30. The second-order valence-corrected chi connectivity index (χ2v) is 8.28. The van der Waals surface area contributed by atoms with Crippen LogP contribution in [0.2, 0.25) is 0 Å². The number of benzene rings is 2. The van der Waals surface area contributed by atoms with Gasteiger partial charge in [0.25, 0.3) is 0 Å². The molecule has 1 aliphatic heterocycles. The molecule has 3 N–H and O–H groups in total. The summed E-state index contributed by atoms with van der Waals surface area (Å²) in [4.78, 5) is 16.1. The zero-order valence-corrected chi connectivity index (χ0v) is 17.1. The number of carbonyl (C=O) groups excluding carboxylic acids is 1. The molecule has 0 aliphatic carbocycles. The molecule has 1 saturated heterocycles. The highest BCUT2D eigenvalue weighted by Gasteiger charge is 2.15. The fourth-order valence-corrected chi connectivity index (χ4v) is 4.32. The number of rotatable bonds is 5. The van der Waals surface area contributed by atoms with Crippen molar-refractivity contribution in [1.82, 2.24) is 4.90 Å². The lowest BCUT2D eigenvalue weighted by atomic mass is 10.0. The van der Waals surface area contributed by atoms with Crippen LogP contribution in [0.15, 0.2) is 77.7 Å². The van der Waals surface area contributed by atoms with Gasteiger partial charge in [-0.25, -0.2) is 0 Å². The standard InChI is InChI=1S/C24H25N3OS/c25-21-9-8-20(23-7-4-14-29-23)16-22(21)26-24(28)15-18-10-12-27(13-11-18)17-19-5-2-1-3-6-19/h1-9,14-16H,10-13,17,25H2,(H,26,28). The largest absolute Gasteiger partial charge is 0.397 e. The Hall–Kier alpha value is -2.89. The first kappa shape index (κ1) is 19.4. The predicted molar refractivity (Wildman–Crippen MR) is 122 cm³/mol. The van der Waals surface area contributed by atoms with Crippen LogP contribution in [0.4, 0.5) is 11.4 Å². The first-order valence-corrected chi connectivity index (χ1v) is 10.8. The number of nitrogen functional groups attached to an aromatic ring is 1. The van der Waals surface area contributed by atoms with E-state index in [1.165, 1.54) is 11.1 Å². The SMILES string of the molecule is Nc1ccc(-c2cccs2)cc1NC(=O)C=C1CCN(Cc2ccccc2)CC1. The van der Waals surface area contributed by atoms with Crippen LogP contribution in [0.1, 0.15) is 18.4 Å². The average molecular weight is 404 g/mol. The number of nitrogens with zero attached hydrogens (tertiary/aromatic N) is 1. The van der Waals surface area contributed by atoms with Crippen LogP contribution in [0.25, 0.3) is 10.4 Å². The third-order valence-corrected chi connectivity index (χ3v) is 6.12. The lowest BCUT2D eigenvalue weighted by Crippen LogP contribution is -2.30. The molecular weight excluding hydrogens is 378 g/mol. The van der Waals surface area contributed by atoms with Crippen molar-refractivity contribution in [3.63, 3.8) is 0 Å². The zero-order valence-electron chi connectivity index (χ0n) is 16.3. The van der Waals surface area contributed by atoms with Crippen molar-refractivity contribution in [2.45, 2.75) is 19.4 Å². The molecule has 0 unspecified atom stereocenters. The van der Waals surface area contributed by atoms with Crippen molar-refractivity contribution in [2.75, 3.05) is 24.1 Å². The molecule has 1 aromatic heterocycles. The molecule has 0 spiro atoms. The van der Waals surface area contributed by atoms with Gasteiger partial charge < -0.3 is 11.1 Å². The van der Waals surface area contributed by atoms with E-state index in [1.54, 1.807) is 17.4 Å². The minimum absolute atomic E-state index is 0.105. The summed E-state index contributed by atoms with van der Waals surface area (Å²) in [5, 5.41) is 5.00. The normalized spacial score (nSPS) is 14.6. The summed E-state index contributed by atoms with van der Waals surface area (Å²) in [7, 11) is 0. The molecular formula is C24H25N3OS. The van der Waals surface area contributed by atoms with Crippen molar-refractivity contribution in [3.05, 3.63) is 83.3 Å². The van der Waals surface area contributed by atoms with Gasteiger partial charge in [0.2, 0.25) is 5.91 Å². The second kappa shape index (κ2) is 9.07. The lowest BCUT2D eigenvalue weighted by Gasteiger charge is -2.28. The molecule has 0 radical (unpaired) electrons. The fraction of sp³-hybridized carbons (Fsp3) is 0.208. The zero-order chi connectivity index (χ0) is 20.1. The van der Waals surface area contributed by atoms with E-state index >= 15 is 0 Å². The van der Waals surface area contributed by atoms with Crippen molar-refractivity contribution in [1.29, 1.82) is 0 Å². The third kappa shape index (κ3) is 5.13. The smallest absolute Gasteiger partial charge is 0.248 e. The molecule has 2 aromatic carbocycles. The van der Waals surface area contributed by atoms with Gasteiger partial charge in [-0.2, -0.15) is 0 Å². The Kier molecular flexibility index (Phi) is 6.08. The van der Waals surface area contributed by atoms with Gasteiger partial charge in [-0.1, -0.05) is 48.0 Å². The summed E-state index contributed by atoms with van der Waals surface area (Å²) in [6, 6.07) is 20.4. The average Bonchev–Trinajstić information content (AvgIpc) is 3.27. The van der Waals surface area contributed by atoms with E-state index < -0.39 is 0 Å². The molecule has 1 amide bonds. The number of piperidine rings is 1. The maximum absolute atomic E-state index is 12.5. The Morgan fingerprint density at radius 2 is 1.86 bits per heavy atom. The number of carbonyl (C=O) groups is 1. The van der Waals surface area contributed by atoms with Crippen LogP contribution in [-0.4, -0.2) is 23.9 Å². The molecule has 0 atom stereocenters. The van der Waals surface area contributed by atoms with Crippen molar-refractivity contribution in [2.24, 2.45) is 0 Å². The van der Waals surface area contributed by atoms with E-state index in [1.807, 2.05) is 35.7 Å². The summed E-state index contributed by atoms with van der Waals surface area (Å²) < 4.78 is 0. The fourth-order valence-electron chi connectivity index (χ4n) is 3.60. The quantitative estimate of drug-likeness (QED) is 0.457. The maximum atomic E-state index is 12.5. The molecule has 0 saturated carbocycles. The molecule has 1 aliphatic rings. The van der Waals surface area contributed by atoms with Crippen LogP contribution in [-0.2, 0) is 11.3 Å². The van der Waals surface area contributed by atoms with Gasteiger partial charge in [0, 0.05) is 30.6 Å². The Bertz CT molecular complexity index is 986. The summed E-state index contributed by atoms with van der Waals surface area (Å²) in [5.74, 6) is -0.105. The molecule has 3 aromatic rings. The molecule has 4 nitrogen and oxygen atoms in total. The van der Waals surface area contributed by atoms with E-state index in [9.17, 15) is 4.79 Å². The predicted octanol–water partition coefficient (Wildman–Crippen LogP) is 5.16. The van der Waals surface area contributed by atoms with Crippen LogP contribution >= 0.6 is 11.3 Å². The highest BCUT2D eigenvalue weighted by atomic mass is 32.1. The maximum Gasteiger partial charge on any atom is 0.248 e. The van der Waals surface area contributed by atoms with E-state index in [4.69, 9.17) is 5.73 Å². The Balaban J connectivity index is 1.35. The highest BCUT2D eigenvalue weighted by molar-refractivity contribution is 7.13. The first-order chi connectivity index (χ1) is 14.2. The Morgan fingerprint density at radius 1 is 1.07 bits per heavy atom. The summed E-state index contributed by atoms with van der Waals surface area (Å²) in [6.07, 6.45) is 3.59. The number of hydrogen-bond donors (Lipinski definition) is 2. The number of nitrogens with one attached hydrogen (secondary N) is 1. The monoisotopic (exact) mass is 403 g/mol. The first-order valence-electron chi connectivity index (χ1n) is 9.87. The molecule has 5 heteroatoms. The topological polar surface area (TPSA) is 58.4 Å². The van der Waals surface area contributed by atoms with Crippen LogP contribution in [0, 0.1) is 0 Å². The second-order valence-electron chi connectivity index (χ2n) is 7.33. The van der Waals surface area contributed by atoms with Gasteiger partial charge in [0.1, 0.15) is 0 Å². The van der Waals surface area contributed by atoms with Gasteiger partial charge in [-0.3, -0.25) is 9.69 Å². The molecule has 148 valence electrons. The molecule has 1 fully saturated rings. The molecule has 29 heavy (non-hydrogen) atoms. The van der Waals surface area contributed by atoms with E-state index in [-0.39, 0.29) is 5.91 Å². The number of hydrogen-bond acceptors (Lipinski definition) is 4. The van der Waals surface area contributed by atoms with Gasteiger partial charge in [0.15, 0.2) is 0 Å². The van der Waals surface area contributed by atoms with E-state index in [0.717, 1.165) is 42.9 Å². The Labute approximate surface area is 175 Å². The van der Waals surface area contributed by atoms with Gasteiger partial charge in [0.05, 0.1) is 11.4 Å². The Morgan fingerprint density at radius 3 is 2.59 bits per heavy atom. The third-order valence-electron chi connectivity index (χ3n) is 5.20. The summed E-state index contributed by atoms with van der Waals surface area (Å²) in [5.41, 5.74) is 10.9. The minimum Gasteiger partial charge on any atom is -0.397 e. The summed E-state index contributed by atoms with van der Waals surface area (Å²) in [6.45, 7) is 2.92. The number of anilines is 2. The summed E-state index contributed by atoms with van der Waals surface area (Å²) >= 11 is 1.67. The van der Waals surface area contributed by atoms with E-state index in [0.29, 0.717) is 11.4 Å². The van der Waals surface area contributed by atoms with Crippen LogP contribution < -0.4 is 11.1 Å². The lowest BCUT2D eigenvalue weighted by molar-refractivity contribution is -0.112. The number of nitrogens with two attached hydrogens (primary N) is 1. The van der Waals surface area contributed by atoms with E-state index in [2.05, 4.69) is 40.5 Å². The van der Waals surface area contributed by atoms with Crippen molar-refractivity contribution in [3.8, 4) is 10.4 Å². The minimum atomic E-state index is -0.105. The molecule has 4 rings (SSSR count). The van der Waals surface area contributed by atoms with Crippen molar-refractivity contribution < 1.29 is 4.79 Å². The van der Waals surface area contributed by atoms with Gasteiger partial charge >= 0.3 is 0 Å². The van der Waals surface area contributed by atoms with Crippen LogP contribution in [0.5, 0.6) is 0 Å². The number of amides is 1. The number of likely N-dealkylation sites (tertiary alicyclic amines) is 1. The van der Waals surface area contributed by atoms with Crippen molar-refractivity contribution >= 4 is 28.6 Å². The van der Waals surface area contributed by atoms with Crippen LogP contribution in [0.3, 0.4) is 0 Å². The van der Waals surface area contributed by atoms with Gasteiger partial charge in [-0.05, 0) is 47.5 Å². The molecule has 0 bridgehead atoms. The number of thiophene rings is 1. The molecule has 2 heterocycles. The van der Waals surface area contributed by atoms with Gasteiger partial charge in [-0.15, -0.1) is 11.3 Å².